The first-order valence-corrected chi connectivity index (χ1v) is 12.3. The van der Waals surface area contributed by atoms with Gasteiger partial charge in [-0.25, -0.2) is 9.50 Å². The zero-order valence-corrected chi connectivity index (χ0v) is 20.0. The molecule has 2 aromatic carbocycles. The molecule has 3 heterocycles. The molecule has 7 heteroatoms. The number of ether oxygens (including phenoxy) is 1. The molecule has 2 aromatic heterocycles. The molecule has 1 saturated heterocycles. The molecular formula is C28H31N5O2. The van der Waals surface area contributed by atoms with Crippen molar-refractivity contribution in [2.45, 2.75) is 38.3 Å². The summed E-state index contributed by atoms with van der Waals surface area (Å²) in [5.41, 5.74) is 3.74. The van der Waals surface area contributed by atoms with Gasteiger partial charge in [-0.3, -0.25) is 9.69 Å². The molecule has 180 valence electrons. The van der Waals surface area contributed by atoms with E-state index < -0.39 is 0 Å². The second-order valence-electron chi connectivity index (χ2n) is 9.20. The number of fused-ring (bicyclic) bond motifs is 1. The summed E-state index contributed by atoms with van der Waals surface area (Å²) in [4.78, 5) is 19.1. The zero-order valence-electron chi connectivity index (χ0n) is 20.0. The molecule has 1 amide bonds. The number of nitrogens with zero attached hydrogens (tertiary/aromatic N) is 4. The molecule has 0 saturated carbocycles. The van der Waals surface area contributed by atoms with Gasteiger partial charge in [0.1, 0.15) is 11.9 Å². The van der Waals surface area contributed by atoms with Crippen LogP contribution >= 0.6 is 0 Å². The topological polar surface area (TPSA) is 71.8 Å². The minimum atomic E-state index is -0.239. The zero-order chi connectivity index (χ0) is 24.0. The van der Waals surface area contributed by atoms with Crippen molar-refractivity contribution < 1.29 is 9.53 Å². The number of aromatic nitrogens is 3. The first kappa shape index (κ1) is 23.1. The largest absolute Gasteiger partial charge is 0.489 e. The number of piperidine rings is 1. The van der Waals surface area contributed by atoms with Crippen molar-refractivity contribution in [2.24, 2.45) is 0 Å². The average molecular weight is 470 g/mol. The van der Waals surface area contributed by atoms with Gasteiger partial charge in [-0.15, -0.1) is 0 Å². The van der Waals surface area contributed by atoms with Gasteiger partial charge >= 0.3 is 0 Å². The van der Waals surface area contributed by atoms with Gasteiger partial charge in [0.25, 0.3) is 5.91 Å². The highest BCUT2D eigenvalue weighted by Crippen LogP contribution is 2.28. The van der Waals surface area contributed by atoms with Gasteiger partial charge in [0.15, 0.2) is 11.3 Å². The molecule has 0 unspecified atom stereocenters. The maximum atomic E-state index is 12.4. The quantitative estimate of drug-likeness (QED) is 0.416. The number of hydrogen-bond acceptors (Lipinski definition) is 5. The van der Waals surface area contributed by atoms with Gasteiger partial charge in [0.05, 0.1) is 6.54 Å². The van der Waals surface area contributed by atoms with Crippen LogP contribution in [0, 0.1) is 0 Å². The molecule has 7 nitrogen and oxygen atoms in total. The Hall–Kier alpha value is -3.71. The third-order valence-electron chi connectivity index (χ3n) is 6.54. The van der Waals surface area contributed by atoms with E-state index in [1.54, 1.807) is 29.0 Å². The second-order valence-corrected chi connectivity index (χ2v) is 9.20. The van der Waals surface area contributed by atoms with E-state index in [4.69, 9.17) is 4.74 Å². The lowest BCUT2D eigenvalue weighted by Gasteiger charge is -2.32. The van der Waals surface area contributed by atoms with Crippen LogP contribution in [0.3, 0.4) is 0 Å². The lowest BCUT2D eigenvalue weighted by molar-refractivity contribution is 0.0927. The lowest BCUT2D eigenvalue weighted by atomic mass is 9.89. The number of benzene rings is 2. The summed E-state index contributed by atoms with van der Waals surface area (Å²) in [6, 6.07) is 22.6. The van der Waals surface area contributed by atoms with Crippen molar-refractivity contribution >= 4 is 11.6 Å². The minimum absolute atomic E-state index is 0.169. The third-order valence-corrected chi connectivity index (χ3v) is 6.54. The number of rotatable bonds is 8. The minimum Gasteiger partial charge on any atom is -0.489 e. The number of nitrogens with one attached hydrogen (secondary N) is 1. The van der Waals surface area contributed by atoms with Crippen molar-refractivity contribution in [1.29, 1.82) is 0 Å². The molecule has 0 aliphatic carbocycles. The fraction of sp³-hybridized carbons (Fsp3) is 0.321. The molecule has 1 aliphatic rings. The first-order valence-electron chi connectivity index (χ1n) is 12.3. The van der Waals surface area contributed by atoms with Crippen LogP contribution in [0.15, 0.2) is 79.1 Å². The van der Waals surface area contributed by atoms with E-state index in [1.165, 1.54) is 24.0 Å². The molecule has 0 bridgehead atoms. The van der Waals surface area contributed by atoms with Crippen LogP contribution in [0.25, 0.3) is 5.65 Å². The number of likely N-dealkylation sites (tertiary alicyclic amines) is 1. The van der Waals surface area contributed by atoms with Gasteiger partial charge in [0, 0.05) is 25.0 Å². The Morgan fingerprint density at radius 1 is 1.09 bits per heavy atom. The predicted molar refractivity (Wildman–Crippen MR) is 136 cm³/mol. The summed E-state index contributed by atoms with van der Waals surface area (Å²) in [5, 5.41) is 7.14. The Bertz CT molecular complexity index is 1210. The summed E-state index contributed by atoms with van der Waals surface area (Å²) < 4.78 is 7.59. The fourth-order valence-electron chi connectivity index (χ4n) is 4.62. The molecule has 4 aromatic rings. The smallest absolute Gasteiger partial charge is 0.272 e. The van der Waals surface area contributed by atoms with Gasteiger partial charge in [-0.1, -0.05) is 42.5 Å². The van der Waals surface area contributed by atoms with Gasteiger partial charge in [-0.05, 0) is 68.1 Å². The number of amides is 1. The van der Waals surface area contributed by atoms with Crippen LogP contribution in [0.4, 0.5) is 0 Å². The second kappa shape index (κ2) is 10.7. The lowest BCUT2D eigenvalue weighted by Crippen LogP contribution is -2.33. The highest BCUT2D eigenvalue weighted by atomic mass is 16.5. The maximum absolute atomic E-state index is 12.4. The highest BCUT2D eigenvalue weighted by Gasteiger charge is 2.20. The molecular weight excluding hydrogens is 438 g/mol. The molecule has 0 spiro atoms. The first-order chi connectivity index (χ1) is 17.1. The molecule has 1 atom stereocenters. The molecule has 1 aliphatic heterocycles. The Morgan fingerprint density at radius 2 is 1.86 bits per heavy atom. The number of hydrogen-bond donors (Lipinski definition) is 1. The van der Waals surface area contributed by atoms with Gasteiger partial charge in [0.2, 0.25) is 0 Å². The van der Waals surface area contributed by atoms with Crippen LogP contribution in [-0.4, -0.2) is 51.1 Å². The Morgan fingerprint density at radius 3 is 2.60 bits per heavy atom. The van der Waals surface area contributed by atoms with Crippen molar-refractivity contribution in [3.05, 3.63) is 95.9 Å². The van der Waals surface area contributed by atoms with Gasteiger partial charge < -0.3 is 10.1 Å². The van der Waals surface area contributed by atoms with Crippen molar-refractivity contribution in [3.8, 4) is 5.75 Å². The van der Waals surface area contributed by atoms with Crippen LogP contribution in [-0.2, 0) is 6.54 Å². The van der Waals surface area contributed by atoms with E-state index in [-0.39, 0.29) is 12.0 Å². The molecule has 1 fully saturated rings. The summed E-state index contributed by atoms with van der Waals surface area (Å²) in [6.07, 6.45) is 5.69. The molecule has 5 rings (SSSR count). The monoisotopic (exact) mass is 469 g/mol. The van der Waals surface area contributed by atoms with Crippen molar-refractivity contribution in [3.63, 3.8) is 0 Å². The third kappa shape index (κ3) is 5.87. The van der Waals surface area contributed by atoms with E-state index in [9.17, 15) is 4.79 Å². The SMILES string of the molecule is C[C@H](CNC(=O)c1cc2ncccn2n1)Oc1ccc(CN2CCC(c3ccccc3)CC2)cc1. The van der Waals surface area contributed by atoms with Crippen LogP contribution in [0.2, 0.25) is 0 Å². The fourth-order valence-corrected chi connectivity index (χ4v) is 4.62. The van der Waals surface area contributed by atoms with E-state index in [1.807, 2.05) is 19.1 Å². The van der Waals surface area contributed by atoms with Gasteiger partial charge in [-0.2, -0.15) is 5.10 Å². The average Bonchev–Trinajstić information content (AvgIpc) is 3.34. The van der Waals surface area contributed by atoms with E-state index in [0.717, 1.165) is 25.4 Å². The Kier molecular flexibility index (Phi) is 7.04. The summed E-state index contributed by atoms with van der Waals surface area (Å²) in [5.74, 6) is 1.24. The number of carbonyl (C=O) groups excluding carboxylic acids is 1. The maximum Gasteiger partial charge on any atom is 0.272 e. The van der Waals surface area contributed by atoms with Crippen molar-refractivity contribution in [1.82, 2.24) is 24.8 Å². The van der Waals surface area contributed by atoms with Crippen LogP contribution in [0.1, 0.15) is 47.3 Å². The van der Waals surface area contributed by atoms with E-state index >= 15 is 0 Å². The molecule has 1 N–H and O–H groups in total. The molecule has 35 heavy (non-hydrogen) atoms. The summed E-state index contributed by atoms with van der Waals surface area (Å²) in [7, 11) is 0. The normalized spacial score (nSPS) is 15.7. The van der Waals surface area contributed by atoms with Crippen molar-refractivity contribution in [2.75, 3.05) is 19.6 Å². The standard InChI is InChI=1S/C28H31N5O2/c1-21(19-30-28(34)26-18-27-29-14-5-15-33(27)31-26)35-25-10-8-22(9-11-25)20-32-16-12-24(13-17-32)23-6-3-2-4-7-23/h2-11,14-15,18,21,24H,12-13,16-17,19-20H2,1H3,(H,30,34)/t21-/m1/s1. The summed E-state index contributed by atoms with van der Waals surface area (Å²) >= 11 is 0. The number of carbonyl (C=O) groups is 1. The predicted octanol–water partition coefficient (Wildman–Crippen LogP) is 4.31. The Labute approximate surface area is 205 Å². The highest BCUT2D eigenvalue weighted by molar-refractivity contribution is 5.93. The Balaban J connectivity index is 1.06. The van der Waals surface area contributed by atoms with Crippen LogP contribution < -0.4 is 10.1 Å². The molecule has 0 radical (unpaired) electrons. The van der Waals surface area contributed by atoms with E-state index in [2.05, 4.69) is 62.8 Å². The van der Waals surface area contributed by atoms with E-state index in [0.29, 0.717) is 23.8 Å². The summed E-state index contributed by atoms with van der Waals surface area (Å²) in [6.45, 7) is 5.53. The van der Waals surface area contributed by atoms with Crippen LogP contribution in [0.5, 0.6) is 5.75 Å².